The average molecular weight is 301 g/mol. The van der Waals surface area contributed by atoms with Crippen LogP contribution < -0.4 is 4.90 Å². The Hall–Kier alpha value is -1.96. The molecule has 4 heterocycles. The van der Waals surface area contributed by atoms with Crippen molar-refractivity contribution in [3.8, 4) is 0 Å². The van der Waals surface area contributed by atoms with E-state index in [2.05, 4.69) is 29.7 Å². The lowest BCUT2D eigenvalue weighted by Gasteiger charge is -2.26. The van der Waals surface area contributed by atoms with Crippen molar-refractivity contribution >= 4 is 21.4 Å². The fourth-order valence-corrected chi connectivity index (χ4v) is 3.87. The number of fused-ring (bicyclic) bond motifs is 2. The zero-order valence-electron chi connectivity index (χ0n) is 11.7. The summed E-state index contributed by atoms with van der Waals surface area (Å²) in [6, 6.07) is 0. The lowest BCUT2D eigenvalue weighted by atomic mass is 10.3. The highest BCUT2D eigenvalue weighted by Gasteiger charge is 2.32. The second-order valence-electron chi connectivity index (χ2n) is 5.82. The minimum Gasteiger partial charge on any atom is -0.337 e. The number of hydrogen-bond donors (Lipinski definition) is 0. The van der Waals surface area contributed by atoms with E-state index in [4.69, 9.17) is 0 Å². The Morgan fingerprint density at radius 1 is 1.24 bits per heavy atom. The molecule has 0 N–H and O–H groups in total. The molecule has 5 rings (SSSR count). The SMILES string of the molecule is Cc1cn2nc(N3CCn4c(nnc4C4CC4)C3)sc2n1. The standard InChI is InChI=1S/C13H15N7S/c1-8-6-20-12(14-8)21-13(17-20)18-4-5-19-10(7-18)15-16-11(19)9-2-3-9/h6,9H,2-5,7H2,1H3. The zero-order chi connectivity index (χ0) is 14.0. The van der Waals surface area contributed by atoms with Gasteiger partial charge in [0.05, 0.1) is 18.4 Å². The summed E-state index contributed by atoms with van der Waals surface area (Å²) in [5.74, 6) is 2.91. The van der Waals surface area contributed by atoms with E-state index >= 15 is 0 Å². The Morgan fingerprint density at radius 3 is 2.95 bits per heavy atom. The molecule has 7 nitrogen and oxygen atoms in total. The zero-order valence-corrected chi connectivity index (χ0v) is 12.5. The summed E-state index contributed by atoms with van der Waals surface area (Å²) < 4.78 is 4.17. The van der Waals surface area contributed by atoms with E-state index in [-0.39, 0.29) is 0 Å². The van der Waals surface area contributed by atoms with Gasteiger partial charge in [-0.15, -0.1) is 15.3 Å². The predicted octanol–water partition coefficient (Wildman–Crippen LogP) is 1.59. The number of aromatic nitrogens is 6. The molecule has 1 fully saturated rings. The highest BCUT2D eigenvalue weighted by molar-refractivity contribution is 7.20. The first-order chi connectivity index (χ1) is 10.3. The molecule has 2 aliphatic rings. The molecule has 8 heteroatoms. The molecule has 1 aliphatic carbocycles. The average Bonchev–Trinajstić information content (AvgIpc) is 2.96. The monoisotopic (exact) mass is 301 g/mol. The number of aryl methyl sites for hydroxylation is 1. The first kappa shape index (κ1) is 11.7. The molecule has 108 valence electrons. The number of anilines is 1. The van der Waals surface area contributed by atoms with E-state index in [1.165, 1.54) is 18.7 Å². The molecule has 0 radical (unpaired) electrons. The van der Waals surface area contributed by atoms with E-state index in [1.54, 1.807) is 11.3 Å². The van der Waals surface area contributed by atoms with Gasteiger partial charge >= 0.3 is 0 Å². The van der Waals surface area contributed by atoms with E-state index in [0.29, 0.717) is 5.92 Å². The summed E-state index contributed by atoms with van der Waals surface area (Å²) in [4.78, 5) is 7.69. The third-order valence-electron chi connectivity index (χ3n) is 4.15. The van der Waals surface area contributed by atoms with Crippen molar-refractivity contribution in [3.63, 3.8) is 0 Å². The van der Waals surface area contributed by atoms with Gasteiger partial charge in [-0.3, -0.25) is 0 Å². The van der Waals surface area contributed by atoms with Gasteiger partial charge in [0.15, 0.2) is 5.82 Å². The highest BCUT2D eigenvalue weighted by atomic mass is 32.1. The van der Waals surface area contributed by atoms with Crippen LogP contribution in [-0.2, 0) is 13.1 Å². The van der Waals surface area contributed by atoms with Gasteiger partial charge in [-0.1, -0.05) is 11.3 Å². The topological polar surface area (TPSA) is 64.1 Å². The van der Waals surface area contributed by atoms with Crippen LogP contribution in [0.3, 0.4) is 0 Å². The number of imidazole rings is 1. The minimum absolute atomic E-state index is 0.656. The van der Waals surface area contributed by atoms with Crippen molar-refractivity contribution in [2.75, 3.05) is 11.4 Å². The van der Waals surface area contributed by atoms with Crippen LogP contribution in [0.4, 0.5) is 5.13 Å². The maximum Gasteiger partial charge on any atom is 0.214 e. The van der Waals surface area contributed by atoms with Crippen LogP contribution >= 0.6 is 11.3 Å². The summed E-state index contributed by atoms with van der Waals surface area (Å²) in [5.41, 5.74) is 1.01. The molecule has 0 saturated heterocycles. The predicted molar refractivity (Wildman–Crippen MR) is 78.6 cm³/mol. The summed E-state index contributed by atoms with van der Waals surface area (Å²) in [6.07, 6.45) is 4.50. The molecule has 0 unspecified atom stereocenters. The maximum atomic E-state index is 4.63. The Bertz CT molecular complexity index is 793. The van der Waals surface area contributed by atoms with Gasteiger partial charge in [0.25, 0.3) is 0 Å². The Balaban J connectivity index is 1.46. The molecule has 21 heavy (non-hydrogen) atoms. The number of hydrogen-bond acceptors (Lipinski definition) is 6. The Morgan fingerprint density at radius 2 is 2.14 bits per heavy atom. The van der Waals surface area contributed by atoms with Crippen molar-refractivity contribution in [1.29, 1.82) is 0 Å². The normalized spacial score (nSPS) is 18.4. The maximum absolute atomic E-state index is 4.63. The summed E-state index contributed by atoms with van der Waals surface area (Å²) in [5, 5.41) is 14.4. The van der Waals surface area contributed by atoms with Crippen LogP contribution in [0, 0.1) is 6.92 Å². The first-order valence-corrected chi connectivity index (χ1v) is 8.09. The van der Waals surface area contributed by atoms with Crippen LogP contribution in [-0.4, -0.2) is 35.9 Å². The van der Waals surface area contributed by atoms with Crippen molar-refractivity contribution in [3.05, 3.63) is 23.5 Å². The smallest absolute Gasteiger partial charge is 0.214 e. The molecule has 3 aromatic heterocycles. The lowest BCUT2D eigenvalue weighted by molar-refractivity contribution is 0.541. The van der Waals surface area contributed by atoms with E-state index < -0.39 is 0 Å². The second-order valence-corrected chi connectivity index (χ2v) is 6.75. The lowest BCUT2D eigenvalue weighted by Crippen LogP contribution is -2.34. The fraction of sp³-hybridized carbons (Fsp3) is 0.538. The van der Waals surface area contributed by atoms with Crippen molar-refractivity contribution in [2.24, 2.45) is 0 Å². The van der Waals surface area contributed by atoms with E-state index in [9.17, 15) is 0 Å². The Kier molecular flexibility index (Phi) is 2.24. The summed E-state index contributed by atoms with van der Waals surface area (Å²) >= 11 is 1.63. The largest absolute Gasteiger partial charge is 0.337 e. The van der Waals surface area contributed by atoms with Crippen LogP contribution in [0.5, 0.6) is 0 Å². The van der Waals surface area contributed by atoms with Gasteiger partial charge in [0.1, 0.15) is 5.82 Å². The molecule has 0 atom stereocenters. The summed E-state index contributed by atoms with van der Waals surface area (Å²) in [7, 11) is 0. The third kappa shape index (κ3) is 1.78. The number of rotatable bonds is 2. The molecule has 1 saturated carbocycles. The van der Waals surface area contributed by atoms with Crippen molar-refractivity contribution in [1.82, 2.24) is 29.4 Å². The molecular weight excluding hydrogens is 286 g/mol. The quantitative estimate of drug-likeness (QED) is 0.719. The third-order valence-corrected chi connectivity index (χ3v) is 5.13. The molecule has 3 aromatic rings. The number of nitrogens with zero attached hydrogens (tertiary/aromatic N) is 7. The van der Waals surface area contributed by atoms with E-state index in [0.717, 1.165) is 41.2 Å². The molecule has 0 amide bonds. The fourth-order valence-electron chi connectivity index (χ4n) is 2.91. The van der Waals surface area contributed by atoms with Gasteiger partial charge in [-0.2, -0.15) is 0 Å². The van der Waals surface area contributed by atoms with Gasteiger partial charge in [0.2, 0.25) is 10.1 Å². The van der Waals surface area contributed by atoms with Gasteiger partial charge in [-0.05, 0) is 19.8 Å². The Labute approximate surface area is 125 Å². The van der Waals surface area contributed by atoms with E-state index in [1.807, 2.05) is 17.6 Å². The van der Waals surface area contributed by atoms with Crippen molar-refractivity contribution < 1.29 is 0 Å². The van der Waals surface area contributed by atoms with Crippen LogP contribution in [0.25, 0.3) is 4.96 Å². The highest BCUT2D eigenvalue weighted by Crippen LogP contribution is 2.39. The molecule has 0 aromatic carbocycles. The van der Waals surface area contributed by atoms with Crippen LogP contribution in [0.15, 0.2) is 6.20 Å². The minimum atomic E-state index is 0.656. The van der Waals surface area contributed by atoms with Gasteiger partial charge in [-0.25, -0.2) is 9.50 Å². The molecule has 1 aliphatic heterocycles. The molecule has 0 bridgehead atoms. The van der Waals surface area contributed by atoms with Gasteiger partial charge in [0, 0.05) is 19.0 Å². The molecular formula is C13H15N7S. The molecule has 0 spiro atoms. The second kappa shape index (κ2) is 4.03. The van der Waals surface area contributed by atoms with Gasteiger partial charge < -0.3 is 9.47 Å². The first-order valence-electron chi connectivity index (χ1n) is 7.27. The van der Waals surface area contributed by atoms with Crippen LogP contribution in [0.2, 0.25) is 0 Å². The summed E-state index contributed by atoms with van der Waals surface area (Å²) in [6.45, 7) is 4.69. The van der Waals surface area contributed by atoms with Crippen molar-refractivity contribution in [2.45, 2.75) is 38.8 Å². The van der Waals surface area contributed by atoms with Crippen LogP contribution in [0.1, 0.15) is 36.1 Å².